The summed E-state index contributed by atoms with van der Waals surface area (Å²) in [5.41, 5.74) is 3.06. The first-order chi connectivity index (χ1) is 12.0. The Morgan fingerprint density at radius 1 is 1.24 bits per heavy atom. The fraction of sp³-hybridized carbons (Fsp3) is 0.562. The molecule has 0 amide bonds. The molecule has 2 unspecified atom stereocenters. The number of ether oxygens (including phenoxy) is 4. The number of carbonyl (C=O) groups is 1. The SMILES string of the molecule is COc1ccc(C2OC[C@H]3OC(O)[C@H](NOC(C)=O)[C@@H](O)[C@@H]3O2)cc1. The van der Waals surface area contributed by atoms with Gasteiger partial charge in [0.2, 0.25) is 0 Å². The van der Waals surface area contributed by atoms with Crippen molar-refractivity contribution in [3.8, 4) is 5.75 Å². The average molecular weight is 355 g/mol. The number of fused-ring (bicyclic) bond motifs is 1. The monoisotopic (exact) mass is 355 g/mol. The van der Waals surface area contributed by atoms with Gasteiger partial charge in [-0.05, 0) is 12.1 Å². The molecule has 3 rings (SSSR count). The molecule has 2 fully saturated rings. The minimum absolute atomic E-state index is 0.135. The molecule has 2 aliphatic heterocycles. The topological polar surface area (TPSA) is 116 Å². The van der Waals surface area contributed by atoms with Crippen LogP contribution in [-0.2, 0) is 23.8 Å². The second-order valence-electron chi connectivity index (χ2n) is 5.83. The van der Waals surface area contributed by atoms with E-state index in [0.717, 1.165) is 5.56 Å². The fourth-order valence-corrected chi connectivity index (χ4v) is 2.82. The van der Waals surface area contributed by atoms with Crippen LogP contribution in [0.15, 0.2) is 24.3 Å². The number of carbonyl (C=O) groups excluding carboxylic acids is 1. The minimum Gasteiger partial charge on any atom is -0.497 e. The number of hydroxylamine groups is 1. The largest absolute Gasteiger partial charge is 0.497 e. The molecule has 1 aromatic carbocycles. The lowest BCUT2D eigenvalue weighted by molar-refractivity contribution is -0.343. The van der Waals surface area contributed by atoms with Crippen molar-refractivity contribution >= 4 is 5.97 Å². The number of aliphatic hydroxyl groups is 2. The standard InChI is InChI=1S/C16H21NO8/c1-8(18)25-17-12-13(19)14-11(23-15(12)20)7-22-16(24-14)9-3-5-10(21-2)6-4-9/h3-6,11-17,19-20H,7H2,1-2H3/t11-,12-,13-,14-,15?,16?/m1/s1. The van der Waals surface area contributed by atoms with Crippen molar-refractivity contribution in [1.29, 1.82) is 0 Å². The third-order valence-electron chi connectivity index (χ3n) is 4.11. The zero-order valence-corrected chi connectivity index (χ0v) is 13.8. The quantitative estimate of drug-likeness (QED) is 0.622. The van der Waals surface area contributed by atoms with Crippen molar-refractivity contribution in [2.45, 2.75) is 43.9 Å². The van der Waals surface area contributed by atoms with Crippen LogP contribution in [0.1, 0.15) is 18.8 Å². The lowest BCUT2D eigenvalue weighted by Gasteiger charge is -2.46. The molecule has 0 bridgehead atoms. The van der Waals surface area contributed by atoms with Crippen molar-refractivity contribution < 1.29 is 38.8 Å². The highest BCUT2D eigenvalue weighted by Gasteiger charge is 2.49. The third kappa shape index (κ3) is 3.92. The van der Waals surface area contributed by atoms with Crippen LogP contribution in [0.5, 0.6) is 5.75 Å². The minimum atomic E-state index is -1.37. The van der Waals surface area contributed by atoms with Crippen LogP contribution in [-0.4, -0.2) is 60.5 Å². The summed E-state index contributed by atoms with van der Waals surface area (Å²) in [7, 11) is 1.57. The smallest absolute Gasteiger partial charge is 0.321 e. The highest BCUT2D eigenvalue weighted by Crippen LogP contribution is 2.34. The van der Waals surface area contributed by atoms with Gasteiger partial charge in [-0.15, -0.1) is 5.48 Å². The van der Waals surface area contributed by atoms with E-state index in [1.54, 1.807) is 31.4 Å². The molecule has 0 aliphatic carbocycles. The number of hydrogen-bond acceptors (Lipinski definition) is 9. The molecule has 9 nitrogen and oxygen atoms in total. The Morgan fingerprint density at radius 2 is 1.96 bits per heavy atom. The molecular weight excluding hydrogens is 334 g/mol. The summed E-state index contributed by atoms with van der Waals surface area (Å²) in [5, 5.41) is 20.5. The van der Waals surface area contributed by atoms with Crippen molar-refractivity contribution in [3.63, 3.8) is 0 Å². The van der Waals surface area contributed by atoms with Crippen LogP contribution in [0.3, 0.4) is 0 Å². The number of nitrogens with one attached hydrogen (secondary N) is 1. The third-order valence-corrected chi connectivity index (χ3v) is 4.11. The summed E-state index contributed by atoms with van der Waals surface area (Å²) >= 11 is 0. The molecule has 3 N–H and O–H groups in total. The molecule has 2 aliphatic rings. The summed E-state index contributed by atoms with van der Waals surface area (Å²) in [6.07, 6.45) is -4.65. The second-order valence-corrected chi connectivity index (χ2v) is 5.83. The number of benzene rings is 1. The maximum atomic E-state index is 10.9. The number of rotatable bonds is 4. The predicted molar refractivity (Wildman–Crippen MR) is 82.1 cm³/mol. The van der Waals surface area contributed by atoms with Gasteiger partial charge in [0.1, 0.15) is 30.1 Å². The first kappa shape index (κ1) is 18.1. The average Bonchev–Trinajstić information content (AvgIpc) is 2.61. The van der Waals surface area contributed by atoms with E-state index in [0.29, 0.717) is 5.75 Å². The van der Waals surface area contributed by atoms with Crippen molar-refractivity contribution in [2.24, 2.45) is 0 Å². The van der Waals surface area contributed by atoms with E-state index >= 15 is 0 Å². The maximum absolute atomic E-state index is 10.9. The zero-order valence-electron chi connectivity index (χ0n) is 13.8. The van der Waals surface area contributed by atoms with Crippen LogP contribution in [0, 0.1) is 0 Å². The van der Waals surface area contributed by atoms with Crippen molar-refractivity contribution in [1.82, 2.24) is 5.48 Å². The summed E-state index contributed by atoms with van der Waals surface area (Å²) in [6, 6.07) is 6.10. The van der Waals surface area contributed by atoms with Crippen LogP contribution >= 0.6 is 0 Å². The summed E-state index contributed by atoms with van der Waals surface area (Å²) < 4.78 is 21.9. The number of aliphatic hydroxyl groups excluding tert-OH is 2. The Bertz CT molecular complexity index is 594. The molecule has 1 aromatic rings. The van der Waals surface area contributed by atoms with Gasteiger partial charge in [-0.25, -0.2) is 0 Å². The molecule has 25 heavy (non-hydrogen) atoms. The molecule has 6 atom stereocenters. The van der Waals surface area contributed by atoms with Gasteiger partial charge in [0.05, 0.1) is 13.7 Å². The molecule has 0 spiro atoms. The van der Waals surface area contributed by atoms with E-state index in [1.165, 1.54) is 6.92 Å². The van der Waals surface area contributed by atoms with E-state index in [1.807, 2.05) is 0 Å². The van der Waals surface area contributed by atoms with E-state index in [4.69, 9.17) is 18.9 Å². The van der Waals surface area contributed by atoms with Gasteiger partial charge in [-0.3, -0.25) is 4.79 Å². The number of methoxy groups -OCH3 is 1. The van der Waals surface area contributed by atoms with E-state index in [2.05, 4.69) is 10.3 Å². The Balaban J connectivity index is 1.69. The Hall–Kier alpha value is -1.75. The molecular formula is C16H21NO8. The van der Waals surface area contributed by atoms with Crippen LogP contribution in [0.4, 0.5) is 0 Å². The first-order valence-corrected chi connectivity index (χ1v) is 7.85. The normalized spacial score (nSPS) is 34.9. The fourth-order valence-electron chi connectivity index (χ4n) is 2.82. The lowest BCUT2D eigenvalue weighted by atomic mass is 9.96. The molecule has 0 aromatic heterocycles. The Kier molecular flexibility index (Phi) is 5.52. The molecule has 2 heterocycles. The van der Waals surface area contributed by atoms with Crippen molar-refractivity contribution in [2.75, 3.05) is 13.7 Å². The Labute approximate surface area is 144 Å². The van der Waals surface area contributed by atoms with Gasteiger partial charge in [-0.1, -0.05) is 12.1 Å². The molecule has 2 saturated heterocycles. The van der Waals surface area contributed by atoms with Crippen molar-refractivity contribution in [3.05, 3.63) is 29.8 Å². The van der Waals surface area contributed by atoms with E-state index in [-0.39, 0.29) is 6.61 Å². The van der Waals surface area contributed by atoms with Gasteiger partial charge in [0, 0.05) is 12.5 Å². The van der Waals surface area contributed by atoms with Crippen LogP contribution in [0.2, 0.25) is 0 Å². The Morgan fingerprint density at radius 3 is 2.60 bits per heavy atom. The number of hydrogen-bond donors (Lipinski definition) is 3. The maximum Gasteiger partial charge on any atom is 0.321 e. The predicted octanol–water partition coefficient (Wildman–Crippen LogP) is -0.376. The highest BCUT2D eigenvalue weighted by molar-refractivity contribution is 5.65. The molecule has 9 heteroatoms. The molecule has 0 saturated carbocycles. The van der Waals surface area contributed by atoms with Crippen LogP contribution in [0.25, 0.3) is 0 Å². The van der Waals surface area contributed by atoms with E-state index in [9.17, 15) is 15.0 Å². The summed E-state index contributed by atoms with van der Waals surface area (Å²) in [4.78, 5) is 15.6. The lowest BCUT2D eigenvalue weighted by Crippen LogP contribution is -2.65. The summed E-state index contributed by atoms with van der Waals surface area (Å²) in [5.74, 6) is 0.0952. The molecule has 138 valence electrons. The van der Waals surface area contributed by atoms with Gasteiger partial charge in [0.15, 0.2) is 12.6 Å². The van der Waals surface area contributed by atoms with Gasteiger partial charge < -0.3 is 34.0 Å². The second kappa shape index (κ2) is 7.65. The highest BCUT2D eigenvalue weighted by atomic mass is 16.7. The van der Waals surface area contributed by atoms with Gasteiger partial charge >= 0.3 is 5.97 Å². The van der Waals surface area contributed by atoms with Gasteiger partial charge in [-0.2, -0.15) is 0 Å². The molecule has 0 radical (unpaired) electrons. The first-order valence-electron chi connectivity index (χ1n) is 7.85. The summed E-state index contributed by atoms with van der Waals surface area (Å²) in [6.45, 7) is 1.33. The van der Waals surface area contributed by atoms with Gasteiger partial charge in [0.25, 0.3) is 0 Å². The van der Waals surface area contributed by atoms with Crippen LogP contribution < -0.4 is 10.2 Å². The van der Waals surface area contributed by atoms with E-state index < -0.39 is 42.9 Å². The zero-order chi connectivity index (χ0) is 18.0.